The number of alkyl halides is 1. The summed E-state index contributed by atoms with van der Waals surface area (Å²) in [7, 11) is 0. The van der Waals surface area contributed by atoms with Gasteiger partial charge in [0.25, 0.3) is 0 Å². The van der Waals surface area contributed by atoms with Crippen LogP contribution in [0.1, 0.15) is 6.92 Å². The third-order valence-electron chi connectivity index (χ3n) is 1.84. The van der Waals surface area contributed by atoms with Crippen LogP contribution in [-0.4, -0.2) is 21.4 Å². The fourth-order valence-corrected chi connectivity index (χ4v) is 2.05. The number of amides is 1. The molecule has 4 nitrogen and oxygen atoms in total. The molecule has 0 fully saturated rings. The van der Waals surface area contributed by atoms with Gasteiger partial charge in [0, 0.05) is 6.92 Å². The summed E-state index contributed by atoms with van der Waals surface area (Å²) >= 11 is 3.21. The van der Waals surface area contributed by atoms with E-state index in [1.807, 2.05) is 0 Å². The average Bonchev–Trinajstić information content (AvgIpc) is 2.01. The number of hydrogen-bond acceptors (Lipinski definition) is 2. The summed E-state index contributed by atoms with van der Waals surface area (Å²) in [6, 6.07) is 0. The molecule has 2 N–H and O–H groups in total. The first-order valence-electron chi connectivity index (χ1n) is 4.02. The summed E-state index contributed by atoms with van der Waals surface area (Å²) in [5.74, 6) is -2.07. The van der Waals surface area contributed by atoms with Crippen molar-refractivity contribution in [2.75, 3.05) is 0 Å². The van der Waals surface area contributed by atoms with Crippen LogP contribution in [0.4, 0.5) is 0 Å². The third kappa shape index (κ3) is 2.23. The van der Waals surface area contributed by atoms with Crippen LogP contribution in [0.3, 0.4) is 0 Å². The lowest BCUT2D eigenvalue weighted by Gasteiger charge is -2.30. The van der Waals surface area contributed by atoms with E-state index in [1.54, 1.807) is 18.2 Å². The van der Waals surface area contributed by atoms with Crippen molar-refractivity contribution in [1.29, 1.82) is 0 Å². The molecule has 0 aromatic rings. The van der Waals surface area contributed by atoms with Crippen LogP contribution in [0, 0.1) is 5.92 Å². The summed E-state index contributed by atoms with van der Waals surface area (Å²) in [6.45, 7) is 1.34. The molecule has 0 heterocycles. The Labute approximate surface area is 89.8 Å². The molecule has 2 atom stereocenters. The minimum absolute atomic E-state index is 0.284. The normalized spacial score (nSPS) is 30.0. The number of carbonyl (C=O) groups excluding carboxylic acids is 1. The van der Waals surface area contributed by atoms with Gasteiger partial charge in [-0.25, -0.2) is 0 Å². The molecule has 0 saturated heterocycles. The Morgan fingerprint density at radius 1 is 1.50 bits per heavy atom. The molecule has 0 aromatic heterocycles. The minimum Gasteiger partial charge on any atom is -0.481 e. The monoisotopic (exact) mass is 259 g/mol. The molecule has 2 unspecified atom stereocenters. The van der Waals surface area contributed by atoms with E-state index in [0.717, 1.165) is 0 Å². The number of carbonyl (C=O) groups is 2. The summed E-state index contributed by atoms with van der Waals surface area (Å²) < 4.78 is -1.01. The van der Waals surface area contributed by atoms with Crippen LogP contribution < -0.4 is 5.32 Å². The van der Waals surface area contributed by atoms with E-state index < -0.39 is 16.3 Å². The fraction of sp³-hybridized carbons (Fsp3) is 0.333. The van der Waals surface area contributed by atoms with Gasteiger partial charge in [-0.2, -0.15) is 0 Å². The zero-order chi connectivity index (χ0) is 10.8. The third-order valence-corrected chi connectivity index (χ3v) is 2.80. The molecule has 0 aromatic carbocycles. The summed E-state index contributed by atoms with van der Waals surface area (Å²) in [6.07, 6.45) is 6.45. The number of allylic oxidation sites excluding steroid dienone is 2. The van der Waals surface area contributed by atoms with Crippen molar-refractivity contribution in [2.24, 2.45) is 5.92 Å². The van der Waals surface area contributed by atoms with Crippen molar-refractivity contribution in [2.45, 2.75) is 11.4 Å². The maximum atomic E-state index is 10.9. The standard InChI is InChI=1S/C9H10BrNO3/c1-6(12)11-9(10)5-3-2-4-7(9)8(13)14/h2-5,7H,1H3,(H,11,12)(H,13,14). The Morgan fingerprint density at radius 2 is 2.14 bits per heavy atom. The Kier molecular flexibility index (Phi) is 3.10. The van der Waals surface area contributed by atoms with E-state index in [2.05, 4.69) is 21.2 Å². The summed E-state index contributed by atoms with van der Waals surface area (Å²) in [5.41, 5.74) is 0. The van der Waals surface area contributed by atoms with Gasteiger partial charge in [0.15, 0.2) is 0 Å². The molecule has 1 aliphatic carbocycles. The molecule has 0 radical (unpaired) electrons. The quantitative estimate of drug-likeness (QED) is 0.576. The van der Waals surface area contributed by atoms with Gasteiger partial charge < -0.3 is 10.4 Å². The van der Waals surface area contributed by atoms with Crippen molar-refractivity contribution in [3.8, 4) is 0 Å². The zero-order valence-corrected chi connectivity index (χ0v) is 9.11. The number of hydrogen-bond donors (Lipinski definition) is 2. The number of carboxylic acid groups (broad SMARTS) is 1. The molecule has 5 heteroatoms. The lowest BCUT2D eigenvalue weighted by Crippen LogP contribution is -2.49. The van der Waals surface area contributed by atoms with E-state index in [-0.39, 0.29) is 5.91 Å². The number of halogens is 1. The second kappa shape index (κ2) is 3.96. The van der Waals surface area contributed by atoms with Gasteiger partial charge in [0.05, 0.1) is 0 Å². The topological polar surface area (TPSA) is 66.4 Å². The molecule has 1 amide bonds. The maximum Gasteiger partial charge on any atom is 0.314 e. The van der Waals surface area contributed by atoms with Crippen LogP contribution in [0.15, 0.2) is 24.3 Å². The predicted octanol–water partition coefficient (Wildman–Crippen LogP) is 1.04. The van der Waals surface area contributed by atoms with Crippen molar-refractivity contribution in [3.05, 3.63) is 24.3 Å². The molecule has 0 spiro atoms. The smallest absolute Gasteiger partial charge is 0.314 e. The largest absolute Gasteiger partial charge is 0.481 e. The fourth-order valence-electron chi connectivity index (χ4n) is 1.27. The summed E-state index contributed by atoms with van der Waals surface area (Å²) in [4.78, 5) is 21.8. The second-order valence-electron chi connectivity index (χ2n) is 3.01. The lowest BCUT2D eigenvalue weighted by atomic mass is 9.95. The number of aliphatic carboxylic acids is 1. The highest BCUT2D eigenvalue weighted by Crippen LogP contribution is 2.30. The van der Waals surface area contributed by atoms with Gasteiger partial charge >= 0.3 is 5.97 Å². The SMILES string of the molecule is CC(=O)NC1(Br)C=CC=CC1C(=O)O. The van der Waals surface area contributed by atoms with Gasteiger partial charge in [-0.15, -0.1) is 0 Å². The molecular weight excluding hydrogens is 250 g/mol. The molecule has 1 rings (SSSR count). The van der Waals surface area contributed by atoms with E-state index >= 15 is 0 Å². The first kappa shape index (κ1) is 11.0. The first-order valence-corrected chi connectivity index (χ1v) is 4.81. The van der Waals surface area contributed by atoms with Crippen LogP contribution >= 0.6 is 15.9 Å². The van der Waals surface area contributed by atoms with Gasteiger partial charge in [-0.05, 0) is 6.08 Å². The Bertz CT molecular complexity index is 324. The highest BCUT2D eigenvalue weighted by Gasteiger charge is 2.39. The van der Waals surface area contributed by atoms with Crippen molar-refractivity contribution < 1.29 is 14.7 Å². The Balaban J connectivity index is 2.93. The molecule has 1 aliphatic rings. The van der Waals surface area contributed by atoms with E-state index in [4.69, 9.17) is 5.11 Å². The average molecular weight is 260 g/mol. The Hall–Kier alpha value is -1.10. The van der Waals surface area contributed by atoms with E-state index in [0.29, 0.717) is 0 Å². The van der Waals surface area contributed by atoms with Gasteiger partial charge in [0.2, 0.25) is 5.91 Å². The second-order valence-corrected chi connectivity index (χ2v) is 4.32. The number of carboxylic acids is 1. The zero-order valence-electron chi connectivity index (χ0n) is 7.53. The predicted molar refractivity (Wildman–Crippen MR) is 54.9 cm³/mol. The van der Waals surface area contributed by atoms with Crippen molar-refractivity contribution >= 4 is 27.8 Å². The Morgan fingerprint density at radius 3 is 2.64 bits per heavy atom. The van der Waals surface area contributed by atoms with Crippen LogP contribution in [0.25, 0.3) is 0 Å². The number of rotatable bonds is 2. The summed E-state index contributed by atoms with van der Waals surface area (Å²) in [5, 5.41) is 11.5. The number of nitrogens with one attached hydrogen (secondary N) is 1. The van der Waals surface area contributed by atoms with Crippen LogP contribution in [0.5, 0.6) is 0 Å². The van der Waals surface area contributed by atoms with Crippen molar-refractivity contribution in [3.63, 3.8) is 0 Å². The van der Waals surface area contributed by atoms with Gasteiger partial charge in [-0.3, -0.25) is 9.59 Å². The van der Waals surface area contributed by atoms with Crippen LogP contribution in [0.2, 0.25) is 0 Å². The maximum absolute atomic E-state index is 10.9. The van der Waals surface area contributed by atoms with E-state index in [9.17, 15) is 9.59 Å². The molecule has 0 aliphatic heterocycles. The van der Waals surface area contributed by atoms with Gasteiger partial charge in [-0.1, -0.05) is 34.2 Å². The van der Waals surface area contributed by atoms with Crippen molar-refractivity contribution in [1.82, 2.24) is 5.32 Å². The van der Waals surface area contributed by atoms with E-state index in [1.165, 1.54) is 13.0 Å². The molecule has 76 valence electrons. The highest BCUT2D eigenvalue weighted by atomic mass is 79.9. The molecule has 0 bridgehead atoms. The molecular formula is C9H10BrNO3. The lowest BCUT2D eigenvalue weighted by molar-refractivity contribution is -0.141. The first-order chi connectivity index (χ1) is 6.46. The molecule has 14 heavy (non-hydrogen) atoms. The van der Waals surface area contributed by atoms with Gasteiger partial charge in [0.1, 0.15) is 10.4 Å². The molecule has 0 saturated carbocycles. The van der Waals surface area contributed by atoms with Crippen LogP contribution in [-0.2, 0) is 9.59 Å². The minimum atomic E-state index is -1.01. The highest BCUT2D eigenvalue weighted by molar-refractivity contribution is 9.10.